The summed E-state index contributed by atoms with van der Waals surface area (Å²) in [6.45, 7) is 7.83. The molecule has 0 aliphatic carbocycles. The minimum absolute atomic E-state index is 0.0127. The summed E-state index contributed by atoms with van der Waals surface area (Å²) in [5.74, 6) is -0.143. The first kappa shape index (κ1) is 21.3. The number of nitrogens with zero attached hydrogens (tertiary/aromatic N) is 4. The third-order valence-corrected chi connectivity index (χ3v) is 5.18. The number of rotatable bonds is 4. The highest BCUT2D eigenvalue weighted by Gasteiger charge is 2.27. The van der Waals surface area contributed by atoms with Crippen LogP contribution in [0.25, 0.3) is 11.0 Å². The zero-order valence-electron chi connectivity index (χ0n) is 16.5. The minimum atomic E-state index is -0.550. The zero-order valence-corrected chi connectivity index (χ0v) is 18.0. The Labute approximate surface area is 179 Å². The van der Waals surface area contributed by atoms with Crippen molar-refractivity contribution in [2.75, 3.05) is 37.7 Å². The van der Waals surface area contributed by atoms with Gasteiger partial charge in [-0.2, -0.15) is 0 Å². The van der Waals surface area contributed by atoms with Crippen molar-refractivity contribution in [3.8, 4) is 0 Å². The van der Waals surface area contributed by atoms with Crippen LogP contribution in [-0.2, 0) is 9.53 Å². The number of hydrogen-bond acceptors (Lipinski definition) is 6. The Balaban J connectivity index is 1.94. The van der Waals surface area contributed by atoms with Gasteiger partial charge in [0.1, 0.15) is 0 Å². The third kappa shape index (κ3) is 4.79. The van der Waals surface area contributed by atoms with E-state index in [1.165, 1.54) is 0 Å². The number of fused-ring (bicyclic) bond motifs is 1. The number of carbonyl (C=O) groups is 2. The van der Waals surface area contributed by atoms with Gasteiger partial charge in [-0.05, 0) is 32.9 Å². The molecule has 1 amide bonds. The molecule has 0 spiro atoms. The molecule has 7 nitrogen and oxygen atoms in total. The first-order valence-electron chi connectivity index (χ1n) is 9.32. The van der Waals surface area contributed by atoms with Gasteiger partial charge in [0, 0.05) is 32.3 Å². The van der Waals surface area contributed by atoms with E-state index < -0.39 is 5.97 Å². The molecular formula is C20H22Cl2N4O3. The quantitative estimate of drug-likeness (QED) is 0.536. The Morgan fingerprint density at radius 2 is 1.66 bits per heavy atom. The predicted molar refractivity (Wildman–Crippen MR) is 114 cm³/mol. The SMILES string of the molecule is CCOC(=O)c1nc2cc(Cl)c(Cl)cc2nc1N1CCN(C(=O)C=C(C)C)CC1. The van der Waals surface area contributed by atoms with E-state index in [0.29, 0.717) is 53.1 Å². The number of piperazine rings is 1. The highest BCUT2D eigenvalue weighted by Crippen LogP contribution is 2.29. The molecule has 0 saturated carbocycles. The van der Waals surface area contributed by atoms with Crippen LogP contribution in [0, 0.1) is 0 Å². The summed E-state index contributed by atoms with van der Waals surface area (Å²) in [5, 5.41) is 0.697. The average Bonchev–Trinajstić information content (AvgIpc) is 2.68. The second-order valence-corrected chi connectivity index (χ2v) is 7.72. The van der Waals surface area contributed by atoms with E-state index in [2.05, 4.69) is 9.97 Å². The smallest absolute Gasteiger partial charge is 0.360 e. The van der Waals surface area contributed by atoms with Gasteiger partial charge in [0.25, 0.3) is 0 Å². The number of carbonyl (C=O) groups excluding carboxylic acids is 2. The average molecular weight is 437 g/mol. The number of ether oxygens (including phenoxy) is 1. The summed E-state index contributed by atoms with van der Waals surface area (Å²) < 4.78 is 5.17. The monoisotopic (exact) mass is 436 g/mol. The number of amides is 1. The van der Waals surface area contributed by atoms with Crippen LogP contribution < -0.4 is 4.90 Å². The summed E-state index contributed by atoms with van der Waals surface area (Å²) in [6.07, 6.45) is 1.63. The summed E-state index contributed by atoms with van der Waals surface area (Å²) in [5.41, 5.74) is 2.08. The Kier molecular flexibility index (Phi) is 6.59. The van der Waals surface area contributed by atoms with Gasteiger partial charge < -0.3 is 14.5 Å². The Bertz CT molecular complexity index is 981. The molecule has 1 fully saturated rings. The molecule has 0 N–H and O–H groups in total. The van der Waals surface area contributed by atoms with Crippen LogP contribution in [0.2, 0.25) is 10.0 Å². The summed E-state index contributed by atoms with van der Waals surface area (Å²) in [6, 6.07) is 3.20. The van der Waals surface area contributed by atoms with E-state index >= 15 is 0 Å². The fourth-order valence-electron chi connectivity index (χ4n) is 3.08. The molecule has 1 aliphatic rings. The lowest BCUT2D eigenvalue weighted by atomic mass is 10.2. The van der Waals surface area contributed by atoms with Crippen molar-refractivity contribution in [3.05, 3.63) is 39.5 Å². The summed E-state index contributed by atoms with van der Waals surface area (Å²) in [7, 11) is 0. The summed E-state index contributed by atoms with van der Waals surface area (Å²) in [4.78, 5) is 37.6. The lowest BCUT2D eigenvalue weighted by Crippen LogP contribution is -2.49. The standard InChI is InChI=1S/C20H22Cl2N4O3/c1-4-29-20(28)18-19(24-16-11-14(22)13(21)10-15(16)23-18)26-7-5-25(6-8-26)17(27)9-12(2)3/h9-11H,4-8H2,1-3H3. The number of hydrogen-bond donors (Lipinski definition) is 0. The van der Waals surface area contributed by atoms with Crippen LogP contribution in [0.3, 0.4) is 0 Å². The van der Waals surface area contributed by atoms with Gasteiger partial charge in [-0.3, -0.25) is 4.79 Å². The number of aromatic nitrogens is 2. The van der Waals surface area contributed by atoms with Crippen molar-refractivity contribution in [3.63, 3.8) is 0 Å². The first-order chi connectivity index (χ1) is 13.8. The van der Waals surface area contributed by atoms with Gasteiger partial charge in [0.05, 0.1) is 27.7 Å². The predicted octanol–water partition coefficient (Wildman–Crippen LogP) is 3.73. The van der Waals surface area contributed by atoms with E-state index in [4.69, 9.17) is 27.9 Å². The minimum Gasteiger partial charge on any atom is -0.461 e. The molecule has 29 heavy (non-hydrogen) atoms. The highest BCUT2D eigenvalue weighted by molar-refractivity contribution is 6.42. The van der Waals surface area contributed by atoms with E-state index in [-0.39, 0.29) is 18.2 Å². The van der Waals surface area contributed by atoms with E-state index in [0.717, 1.165) is 5.57 Å². The Morgan fingerprint density at radius 3 is 2.21 bits per heavy atom. The summed E-state index contributed by atoms with van der Waals surface area (Å²) >= 11 is 12.2. The van der Waals surface area contributed by atoms with Gasteiger partial charge in [0.15, 0.2) is 11.5 Å². The van der Waals surface area contributed by atoms with Gasteiger partial charge in [-0.15, -0.1) is 0 Å². The first-order valence-corrected chi connectivity index (χ1v) is 10.1. The number of benzene rings is 1. The van der Waals surface area contributed by atoms with Crippen molar-refractivity contribution >= 4 is 51.9 Å². The molecular weight excluding hydrogens is 415 g/mol. The van der Waals surface area contributed by atoms with Gasteiger partial charge in [-0.1, -0.05) is 28.8 Å². The largest absolute Gasteiger partial charge is 0.461 e. The number of halogens is 2. The molecule has 0 radical (unpaired) electrons. The maximum atomic E-state index is 12.5. The van der Waals surface area contributed by atoms with Crippen LogP contribution in [0.1, 0.15) is 31.3 Å². The fraction of sp³-hybridized carbons (Fsp3) is 0.400. The molecule has 0 unspecified atom stereocenters. The topological polar surface area (TPSA) is 75.6 Å². The molecule has 0 atom stereocenters. The van der Waals surface area contributed by atoms with E-state index in [1.54, 1.807) is 30.0 Å². The molecule has 9 heteroatoms. The molecule has 0 bridgehead atoms. The second kappa shape index (κ2) is 8.97. The molecule has 2 aromatic rings. The molecule has 1 aromatic heterocycles. The molecule has 1 aromatic carbocycles. The van der Waals surface area contributed by atoms with E-state index in [1.807, 2.05) is 18.7 Å². The Morgan fingerprint density at radius 1 is 1.07 bits per heavy atom. The zero-order chi connectivity index (χ0) is 21.1. The highest BCUT2D eigenvalue weighted by atomic mass is 35.5. The normalized spacial score (nSPS) is 14.1. The molecule has 2 heterocycles. The molecule has 1 aliphatic heterocycles. The van der Waals surface area contributed by atoms with Gasteiger partial charge in [0.2, 0.25) is 5.91 Å². The van der Waals surface area contributed by atoms with E-state index in [9.17, 15) is 9.59 Å². The lowest BCUT2D eigenvalue weighted by Gasteiger charge is -2.35. The van der Waals surface area contributed by atoms with Crippen molar-refractivity contribution in [1.82, 2.24) is 14.9 Å². The van der Waals surface area contributed by atoms with Crippen molar-refractivity contribution in [2.24, 2.45) is 0 Å². The second-order valence-electron chi connectivity index (χ2n) is 6.91. The van der Waals surface area contributed by atoms with Crippen LogP contribution in [0.15, 0.2) is 23.8 Å². The third-order valence-electron chi connectivity index (χ3n) is 4.46. The maximum Gasteiger partial charge on any atom is 0.360 e. The van der Waals surface area contributed by atoms with Crippen molar-refractivity contribution in [2.45, 2.75) is 20.8 Å². The number of esters is 1. The molecule has 154 valence electrons. The maximum absolute atomic E-state index is 12.5. The Hall–Kier alpha value is -2.38. The van der Waals surface area contributed by atoms with Gasteiger partial charge >= 0.3 is 5.97 Å². The van der Waals surface area contributed by atoms with Crippen LogP contribution >= 0.6 is 23.2 Å². The molecule has 1 saturated heterocycles. The van der Waals surface area contributed by atoms with Crippen molar-refractivity contribution in [1.29, 1.82) is 0 Å². The number of anilines is 1. The van der Waals surface area contributed by atoms with Gasteiger partial charge in [-0.25, -0.2) is 14.8 Å². The number of allylic oxidation sites excluding steroid dienone is 1. The fourth-order valence-corrected chi connectivity index (χ4v) is 3.39. The molecule has 3 rings (SSSR count). The van der Waals surface area contributed by atoms with Crippen molar-refractivity contribution < 1.29 is 14.3 Å². The van der Waals surface area contributed by atoms with Crippen LogP contribution in [-0.4, -0.2) is 59.5 Å². The lowest BCUT2D eigenvalue weighted by molar-refractivity contribution is -0.126. The van der Waals surface area contributed by atoms with Crippen LogP contribution in [0.5, 0.6) is 0 Å². The van der Waals surface area contributed by atoms with Crippen LogP contribution in [0.4, 0.5) is 5.82 Å².